The second kappa shape index (κ2) is 6.48. The molecule has 1 saturated carbocycles. The van der Waals surface area contributed by atoms with E-state index in [1.54, 1.807) is 24.3 Å². The summed E-state index contributed by atoms with van der Waals surface area (Å²) < 4.78 is 15.1. The molecule has 2 N–H and O–H groups in total. The van der Waals surface area contributed by atoms with Gasteiger partial charge in [-0.3, -0.25) is 4.79 Å². The summed E-state index contributed by atoms with van der Waals surface area (Å²) in [6.45, 7) is 2.15. The molecule has 0 radical (unpaired) electrons. The number of hydrogen-bond donors (Lipinski definition) is 2. The molecule has 1 fully saturated rings. The summed E-state index contributed by atoms with van der Waals surface area (Å²) >= 11 is 0. The number of urea groups is 1. The lowest BCUT2D eigenvalue weighted by atomic mass is 9.82. The zero-order chi connectivity index (χ0) is 16.3. The predicted octanol–water partition coefficient (Wildman–Crippen LogP) is 2.47. The maximum absolute atomic E-state index is 11.8. The van der Waals surface area contributed by atoms with Gasteiger partial charge in [0.15, 0.2) is 0 Å². The average molecular weight is 323 g/mol. The number of hydrogen-bond acceptors (Lipinski definition) is 3. The van der Waals surface area contributed by atoms with Gasteiger partial charge in [0.05, 0.1) is 0 Å². The lowest BCUT2D eigenvalue weighted by Crippen LogP contribution is -2.45. The summed E-state index contributed by atoms with van der Waals surface area (Å²) in [4.78, 5) is 23.6. The maximum atomic E-state index is 11.8. The van der Waals surface area contributed by atoms with Crippen molar-refractivity contribution in [1.29, 1.82) is 0 Å². The van der Waals surface area contributed by atoms with E-state index in [0.29, 0.717) is 17.2 Å². The van der Waals surface area contributed by atoms with Crippen molar-refractivity contribution >= 4 is 27.4 Å². The molecular weight excluding hydrogens is 302 g/mol. The third-order valence-corrected chi connectivity index (χ3v) is 4.01. The average Bonchev–Trinajstić information content (AvgIpc) is 2.35. The molecule has 7 heteroatoms. The van der Waals surface area contributed by atoms with Crippen LogP contribution in [-0.2, 0) is 9.73 Å². The van der Waals surface area contributed by atoms with Crippen molar-refractivity contribution in [1.82, 2.24) is 5.32 Å². The number of carbonyl (C=O) groups excluding carboxylic acids is 2. The van der Waals surface area contributed by atoms with E-state index in [1.165, 1.54) is 12.5 Å². The Kier molecular flexibility index (Phi) is 4.85. The van der Waals surface area contributed by atoms with Crippen molar-refractivity contribution in [3.05, 3.63) is 29.8 Å². The van der Waals surface area contributed by atoms with Crippen molar-refractivity contribution in [2.75, 3.05) is 17.8 Å². The summed E-state index contributed by atoms with van der Waals surface area (Å²) in [6, 6.07) is 6.36. The maximum Gasteiger partial charge on any atom is 0.319 e. The first-order chi connectivity index (χ1) is 10.2. The van der Waals surface area contributed by atoms with Crippen LogP contribution in [0.1, 0.15) is 30.1 Å². The fourth-order valence-corrected chi connectivity index (χ4v) is 2.83. The third kappa shape index (κ3) is 4.84. The minimum Gasteiger partial charge on any atom is -0.335 e. The summed E-state index contributed by atoms with van der Waals surface area (Å²) in [5.74, 6) is 0.154. The van der Waals surface area contributed by atoms with Gasteiger partial charge in [0, 0.05) is 39.5 Å². The Morgan fingerprint density at radius 3 is 2.27 bits per heavy atom. The Bertz CT molecular complexity index is 676. The van der Waals surface area contributed by atoms with E-state index in [9.17, 15) is 13.8 Å². The van der Waals surface area contributed by atoms with Gasteiger partial charge in [-0.2, -0.15) is 4.36 Å². The Labute approximate surface area is 130 Å². The molecule has 22 heavy (non-hydrogen) atoms. The normalized spacial score (nSPS) is 20.7. The van der Waals surface area contributed by atoms with E-state index < -0.39 is 15.6 Å². The van der Waals surface area contributed by atoms with Crippen molar-refractivity contribution in [2.45, 2.75) is 25.8 Å². The van der Waals surface area contributed by atoms with Crippen LogP contribution < -0.4 is 10.6 Å². The molecule has 1 aliphatic carbocycles. The fourth-order valence-electron chi connectivity index (χ4n) is 2.32. The largest absolute Gasteiger partial charge is 0.335 e. The van der Waals surface area contributed by atoms with Crippen LogP contribution in [0.15, 0.2) is 28.6 Å². The first-order valence-corrected chi connectivity index (χ1v) is 9.45. The van der Waals surface area contributed by atoms with E-state index >= 15 is 0 Å². The molecule has 0 spiro atoms. The molecule has 1 aromatic rings. The highest BCUT2D eigenvalue weighted by Crippen LogP contribution is 2.26. The standard InChI is InChI=1S/C15H21N3O3S/c1-10-8-13(9-10)17-15(20)16-12-6-4-11(5-7-12)14(19)18-22(2,3)21/h4-7,10,13H,8-9H2,1-3H3,(H2,16,17,20). The number of anilines is 1. The van der Waals surface area contributed by atoms with Crippen molar-refractivity contribution in [2.24, 2.45) is 10.3 Å². The molecule has 6 nitrogen and oxygen atoms in total. The lowest BCUT2D eigenvalue weighted by Gasteiger charge is -2.33. The fraction of sp³-hybridized carbons (Fsp3) is 0.467. The molecule has 0 atom stereocenters. The number of benzene rings is 1. The van der Waals surface area contributed by atoms with Crippen molar-refractivity contribution in [3.63, 3.8) is 0 Å². The van der Waals surface area contributed by atoms with Gasteiger partial charge in [-0.1, -0.05) is 6.92 Å². The molecule has 1 aliphatic rings. The van der Waals surface area contributed by atoms with E-state index in [0.717, 1.165) is 12.8 Å². The quantitative estimate of drug-likeness (QED) is 0.895. The second-order valence-electron chi connectivity index (χ2n) is 6.03. The molecule has 1 aromatic carbocycles. The minimum absolute atomic E-state index is 0.245. The first-order valence-electron chi connectivity index (χ1n) is 7.12. The highest BCUT2D eigenvalue weighted by atomic mass is 32.2. The van der Waals surface area contributed by atoms with Gasteiger partial charge in [0.25, 0.3) is 5.91 Å². The zero-order valence-electron chi connectivity index (χ0n) is 13.0. The van der Waals surface area contributed by atoms with Crippen LogP contribution in [0.3, 0.4) is 0 Å². The van der Waals surface area contributed by atoms with Gasteiger partial charge in [0.1, 0.15) is 0 Å². The molecule has 0 bridgehead atoms. The number of amides is 3. The predicted molar refractivity (Wildman–Crippen MR) is 87.5 cm³/mol. The lowest BCUT2D eigenvalue weighted by molar-refractivity contribution is 0.100. The van der Waals surface area contributed by atoms with Crippen LogP contribution in [0.2, 0.25) is 0 Å². The number of carbonyl (C=O) groups is 2. The summed E-state index contributed by atoms with van der Waals surface area (Å²) in [5, 5.41) is 5.61. The molecule has 120 valence electrons. The SMILES string of the molecule is CC1CC(NC(=O)Nc2ccc(C(=O)N=S(C)(C)=O)cc2)C1. The van der Waals surface area contributed by atoms with Gasteiger partial charge in [-0.05, 0) is 43.0 Å². The van der Waals surface area contributed by atoms with Crippen LogP contribution in [0.25, 0.3) is 0 Å². The zero-order valence-corrected chi connectivity index (χ0v) is 13.8. The molecule has 0 aromatic heterocycles. The first kappa shape index (κ1) is 16.5. The highest BCUT2D eigenvalue weighted by molar-refractivity contribution is 7.92. The van der Waals surface area contributed by atoms with Crippen LogP contribution in [-0.4, -0.2) is 34.7 Å². The van der Waals surface area contributed by atoms with Crippen molar-refractivity contribution < 1.29 is 13.8 Å². The molecule has 3 amide bonds. The molecule has 0 unspecified atom stereocenters. The molecule has 2 rings (SSSR count). The molecular formula is C15H21N3O3S. The van der Waals surface area contributed by atoms with Gasteiger partial charge >= 0.3 is 6.03 Å². The summed E-state index contributed by atoms with van der Waals surface area (Å²) in [5.41, 5.74) is 0.936. The van der Waals surface area contributed by atoms with Gasteiger partial charge in [-0.25, -0.2) is 9.00 Å². The minimum atomic E-state index is -2.47. The number of nitrogens with one attached hydrogen (secondary N) is 2. The van der Waals surface area contributed by atoms with Crippen molar-refractivity contribution in [3.8, 4) is 0 Å². The third-order valence-electron chi connectivity index (χ3n) is 3.40. The Morgan fingerprint density at radius 2 is 1.77 bits per heavy atom. The monoisotopic (exact) mass is 323 g/mol. The molecule has 0 heterocycles. The van der Waals surface area contributed by atoms with E-state index in [4.69, 9.17) is 0 Å². The summed E-state index contributed by atoms with van der Waals surface area (Å²) in [7, 11) is -2.47. The van der Waals surface area contributed by atoms with Gasteiger partial charge in [-0.15, -0.1) is 0 Å². The van der Waals surface area contributed by atoms with E-state index in [-0.39, 0.29) is 12.1 Å². The Balaban J connectivity index is 1.93. The second-order valence-corrected chi connectivity index (χ2v) is 8.57. The molecule has 0 saturated heterocycles. The van der Waals surface area contributed by atoms with Crippen LogP contribution in [0.4, 0.5) is 10.5 Å². The van der Waals surface area contributed by atoms with Gasteiger partial charge < -0.3 is 10.6 Å². The van der Waals surface area contributed by atoms with Gasteiger partial charge in [0.2, 0.25) is 0 Å². The topological polar surface area (TPSA) is 87.6 Å². The van der Waals surface area contributed by atoms with Crippen LogP contribution in [0, 0.1) is 5.92 Å². The van der Waals surface area contributed by atoms with Crippen LogP contribution in [0.5, 0.6) is 0 Å². The Hall–Kier alpha value is -1.89. The summed E-state index contributed by atoms with van der Waals surface area (Å²) in [6.07, 6.45) is 4.84. The van der Waals surface area contributed by atoms with Crippen LogP contribution >= 0.6 is 0 Å². The smallest absolute Gasteiger partial charge is 0.319 e. The Morgan fingerprint density at radius 1 is 1.18 bits per heavy atom. The number of rotatable bonds is 3. The molecule has 0 aliphatic heterocycles. The number of nitrogens with zero attached hydrogens (tertiary/aromatic N) is 1. The van der Waals surface area contributed by atoms with E-state index in [1.807, 2.05) is 0 Å². The highest BCUT2D eigenvalue weighted by Gasteiger charge is 2.26. The van der Waals surface area contributed by atoms with E-state index in [2.05, 4.69) is 21.9 Å².